The molecule has 1 unspecified atom stereocenters. The van der Waals surface area contributed by atoms with Gasteiger partial charge in [0.1, 0.15) is 5.82 Å². The standard InChI is InChI=1S/C10H13ClFN/c1-13(2)7-9(11)8-5-3-4-6-10(8)12/h3-6,9H,7H2,1-2H3. The Hall–Kier alpha value is -0.600. The lowest BCUT2D eigenvalue weighted by Crippen LogP contribution is -2.17. The summed E-state index contributed by atoms with van der Waals surface area (Å²) in [5.74, 6) is -0.232. The summed E-state index contributed by atoms with van der Waals surface area (Å²) in [5.41, 5.74) is 0.567. The summed E-state index contributed by atoms with van der Waals surface area (Å²) in [6.45, 7) is 0.641. The number of hydrogen-bond acceptors (Lipinski definition) is 1. The zero-order valence-electron chi connectivity index (χ0n) is 7.80. The largest absolute Gasteiger partial charge is 0.308 e. The summed E-state index contributed by atoms with van der Waals surface area (Å²) in [5, 5.41) is -0.281. The van der Waals surface area contributed by atoms with E-state index in [0.717, 1.165) is 0 Å². The maximum absolute atomic E-state index is 13.2. The highest BCUT2D eigenvalue weighted by molar-refractivity contribution is 6.21. The number of rotatable bonds is 3. The Morgan fingerprint density at radius 1 is 1.38 bits per heavy atom. The van der Waals surface area contributed by atoms with Gasteiger partial charge in [0.05, 0.1) is 5.38 Å². The van der Waals surface area contributed by atoms with Crippen molar-refractivity contribution >= 4 is 11.6 Å². The maximum Gasteiger partial charge on any atom is 0.127 e. The number of alkyl halides is 1. The molecule has 0 radical (unpaired) electrons. The second-order valence-electron chi connectivity index (χ2n) is 3.25. The van der Waals surface area contributed by atoms with Crippen LogP contribution in [0, 0.1) is 5.82 Å². The molecule has 1 aromatic rings. The SMILES string of the molecule is CN(C)CC(Cl)c1ccccc1F. The van der Waals surface area contributed by atoms with Crippen LogP contribution in [0.5, 0.6) is 0 Å². The van der Waals surface area contributed by atoms with Gasteiger partial charge in [-0.05, 0) is 20.2 Å². The zero-order chi connectivity index (χ0) is 9.84. The predicted molar refractivity (Wildman–Crippen MR) is 53.5 cm³/mol. The van der Waals surface area contributed by atoms with E-state index in [1.807, 2.05) is 19.0 Å². The molecule has 0 aliphatic carbocycles. The first-order valence-electron chi connectivity index (χ1n) is 4.14. The first-order valence-corrected chi connectivity index (χ1v) is 4.58. The van der Waals surface area contributed by atoms with E-state index >= 15 is 0 Å². The fourth-order valence-corrected chi connectivity index (χ4v) is 1.60. The van der Waals surface area contributed by atoms with Gasteiger partial charge in [0.15, 0.2) is 0 Å². The monoisotopic (exact) mass is 201 g/mol. The van der Waals surface area contributed by atoms with Crippen molar-refractivity contribution in [3.05, 3.63) is 35.6 Å². The van der Waals surface area contributed by atoms with Crippen molar-refractivity contribution in [2.45, 2.75) is 5.38 Å². The van der Waals surface area contributed by atoms with Crippen molar-refractivity contribution in [3.8, 4) is 0 Å². The van der Waals surface area contributed by atoms with E-state index in [2.05, 4.69) is 0 Å². The Kier molecular flexibility index (Phi) is 3.70. The van der Waals surface area contributed by atoms with E-state index in [9.17, 15) is 4.39 Å². The molecular weight excluding hydrogens is 189 g/mol. The lowest BCUT2D eigenvalue weighted by atomic mass is 10.1. The molecule has 0 aliphatic rings. The summed E-state index contributed by atoms with van der Waals surface area (Å²) in [6.07, 6.45) is 0. The van der Waals surface area contributed by atoms with E-state index in [1.165, 1.54) is 6.07 Å². The number of benzene rings is 1. The lowest BCUT2D eigenvalue weighted by molar-refractivity contribution is 0.404. The lowest BCUT2D eigenvalue weighted by Gasteiger charge is -2.15. The first kappa shape index (κ1) is 10.5. The van der Waals surface area contributed by atoms with Gasteiger partial charge >= 0.3 is 0 Å². The molecule has 0 aliphatic heterocycles. The maximum atomic E-state index is 13.2. The molecule has 0 fully saturated rings. The molecular formula is C10H13ClFN. The van der Waals surface area contributed by atoms with Gasteiger partial charge in [0.25, 0.3) is 0 Å². The van der Waals surface area contributed by atoms with E-state index in [0.29, 0.717) is 12.1 Å². The number of nitrogens with zero attached hydrogens (tertiary/aromatic N) is 1. The van der Waals surface area contributed by atoms with Gasteiger partial charge in [-0.1, -0.05) is 18.2 Å². The number of hydrogen-bond donors (Lipinski definition) is 0. The van der Waals surface area contributed by atoms with Crippen LogP contribution in [0.15, 0.2) is 24.3 Å². The summed E-state index contributed by atoms with van der Waals surface area (Å²) in [7, 11) is 3.83. The van der Waals surface area contributed by atoms with Crippen LogP contribution in [0.4, 0.5) is 4.39 Å². The average molecular weight is 202 g/mol. The van der Waals surface area contributed by atoms with Crippen LogP contribution in [0.1, 0.15) is 10.9 Å². The van der Waals surface area contributed by atoms with Crippen molar-refractivity contribution in [2.24, 2.45) is 0 Å². The molecule has 13 heavy (non-hydrogen) atoms. The third-order valence-corrected chi connectivity index (χ3v) is 2.14. The van der Waals surface area contributed by atoms with Crippen LogP contribution < -0.4 is 0 Å². The van der Waals surface area contributed by atoms with Crippen molar-refractivity contribution in [3.63, 3.8) is 0 Å². The Bertz CT molecular complexity index is 275. The molecule has 1 atom stereocenters. The first-order chi connectivity index (χ1) is 6.11. The molecule has 0 saturated heterocycles. The van der Waals surface area contributed by atoms with Crippen molar-refractivity contribution in [1.82, 2.24) is 4.90 Å². The summed E-state index contributed by atoms with van der Waals surface area (Å²) in [6, 6.07) is 6.61. The molecule has 1 nitrogen and oxygen atoms in total. The Morgan fingerprint density at radius 3 is 2.54 bits per heavy atom. The topological polar surface area (TPSA) is 3.24 Å². The normalized spacial score (nSPS) is 13.3. The molecule has 0 N–H and O–H groups in total. The summed E-state index contributed by atoms with van der Waals surface area (Å²) >= 11 is 6.02. The van der Waals surface area contributed by atoms with Crippen LogP contribution >= 0.6 is 11.6 Å². The van der Waals surface area contributed by atoms with Gasteiger partial charge in [-0.25, -0.2) is 4.39 Å². The second-order valence-corrected chi connectivity index (χ2v) is 3.78. The molecule has 0 aromatic heterocycles. The molecule has 0 amide bonds. The van der Waals surface area contributed by atoms with Crippen LogP contribution in [0.2, 0.25) is 0 Å². The quantitative estimate of drug-likeness (QED) is 0.680. The molecule has 0 saturated carbocycles. The van der Waals surface area contributed by atoms with Crippen molar-refractivity contribution < 1.29 is 4.39 Å². The summed E-state index contributed by atoms with van der Waals surface area (Å²) in [4.78, 5) is 1.93. The van der Waals surface area contributed by atoms with E-state index in [1.54, 1.807) is 18.2 Å². The predicted octanol–water partition coefficient (Wildman–Crippen LogP) is 2.67. The third-order valence-electron chi connectivity index (χ3n) is 1.77. The molecule has 1 aromatic carbocycles. The van der Waals surface area contributed by atoms with Gasteiger partial charge in [0.2, 0.25) is 0 Å². The van der Waals surface area contributed by atoms with E-state index < -0.39 is 0 Å². The smallest absolute Gasteiger partial charge is 0.127 e. The van der Waals surface area contributed by atoms with E-state index in [4.69, 9.17) is 11.6 Å². The van der Waals surface area contributed by atoms with Crippen LogP contribution in [-0.4, -0.2) is 25.5 Å². The summed E-state index contributed by atoms with van der Waals surface area (Å²) < 4.78 is 13.2. The number of halogens is 2. The minimum absolute atomic E-state index is 0.232. The Labute approximate surface area is 83.1 Å². The van der Waals surface area contributed by atoms with Crippen LogP contribution in [-0.2, 0) is 0 Å². The minimum Gasteiger partial charge on any atom is -0.308 e. The highest BCUT2D eigenvalue weighted by atomic mass is 35.5. The Balaban J connectivity index is 2.76. The minimum atomic E-state index is -0.281. The highest BCUT2D eigenvalue weighted by Gasteiger charge is 2.12. The van der Waals surface area contributed by atoms with Gasteiger partial charge in [-0.3, -0.25) is 0 Å². The van der Waals surface area contributed by atoms with E-state index in [-0.39, 0.29) is 11.2 Å². The van der Waals surface area contributed by atoms with Crippen molar-refractivity contribution in [2.75, 3.05) is 20.6 Å². The third kappa shape index (κ3) is 2.98. The van der Waals surface area contributed by atoms with Gasteiger partial charge in [-0.2, -0.15) is 0 Å². The van der Waals surface area contributed by atoms with Crippen LogP contribution in [0.25, 0.3) is 0 Å². The van der Waals surface area contributed by atoms with Gasteiger partial charge in [-0.15, -0.1) is 11.6 Å². The second kappa shape index (κ2) is 4.58. The molecule has 0 bridgehead atoms. The van der Waals surface area contributed by atoms with Gasteiger partial charge in [0, 0.05) is 12.1 Å². The number of likely N-dealkylation sites (N-methyl/N-ethyl adjacent to an activating group) is 1. The fourth-order valence-electron chi connectivity index (χ4n) is 1.15. The fraction of sp³-hybridized carbons (Fsp3) is 0.400. The highest BCUT2D eigenvalue weighted by Crippen LogP contribution is 2.23. The average Bonchev–Trinajstić information content (AvgIpc) is 2.03. The molecule has 3 heteroatoms. The van der Waals surface area contributed by atoms with Crippen molar-refractivity contribution in [1.29, 1.82) is 0 Å². The van der Waals surface area contributed by atoms with Gasteiger partial charge < -0.3 is 4.90 Å². The molecule has 72 valence electrons. The Morgan fingerprint density at radius 2 is 2.00 bits per heavy atom. The molecule has 0 spiro atoms. The van der Waals surface area contributed by atoms with Crippen LogP contribution in [0.3, 0.4) is 0 Å². The zero-order valence-corrected chi connectivity index (χ0v) is 8.55. The molecule has 1 rings (SSSR count). The molecule has 0 heterocycles.